The minimum absolute atomic E-state index is 0.0366. The van der Waals surface area contributed by atoms with Gasteiger partial charge in [-0.1, -0.05) is 11.8 Å². The Morgan fingerprint density at radius 2 is 2.09 bits per heavy atom. The molecule has 1 aromatic heterocycles. The van der Waals surface area contributed by atoms with Crippen LogP contribution in [-0.2, 0) is 5.54 Å². The van der Waals surface area contributed by atoms with Crippen molar-refractivity contribution in [1.29, 1.82) is 0 Å². The Labute approximate surface area is 71.2 Å². The van der Waals surface area contributed by atoms with Crippen LogP contribution in [0.3, 0.4) is 0 Å². The smallest absolute Gasteiger partial charge is 0.186 e. The molecule has 3 nitrogen and oxygen atoms in total. The number of hydrogen-bond acceptors (Lipinski definition) is 3. The lowest BCUT2D eigenvalue weighted by atomic mass is 10.1. The molecule has 62 valence electrons. The van der Waals surface area contributed by atoms with Crippen LogP contribution in [0.4, 0.5) is 0 Å². The summed E-state index contributed by atoms with van der Waals surface area (Å²) in [4.78, 5) is 4.12. The third-order valence-electron chi connectivity index (χ3n) is 1.33. The molecule has 0 radical (unpaired) electrons. The minimum atomic E-state index is 0.0366. The van der Waals surface area contributed by atoms with E-state index in [0.717, 1.165) is 5.16 Å². The van der Waals surface area contributed by atoms with Crippen molar-refractivity contribution >= 4 is 11.8 Å². The monoisotopic (exact) mass is 171 g/mol. The summed E-state index contributed by atoms with van der Waals surface area (Å²) in [6.07, 6.45) is 3.60. The van der Waals surface area contributed by atoms with Gasteiger partial charge < -0.3 is 0 Å². The van der Waals surface area contributed by atoms with Crippen molar-refractivity contribution in [2.24, 2.45) is 0 Å². The fourth-order valence-electron chi connectivity index (χ4n) is 0.830. The lowest BCUT2D eigenvalue weighted by Crippen LogP contribution is -2.23. The van der Waals surface area contributed by atoms with Gasteiger partial charge in [-0.3, -0.25) is 0 Å². The molecular formula is C7H13N3S. The van der Waals surface area contributed by atoms with Gasteiger partial charge in [0.2, 0.25) is 0 Å². The molecule has 0 spiro atoms. The first-order chi connectivity index (χ1) is 5.05. The van der Waals surface area contributed by atoms with E-state index >= 15 is 0 Å². The summed E-state index contributed by atoms with van der Waals surface area (Å²) < 4.78 is 1.93. The molecular weight excluding hydrogens is 158 g/mol. The van der Waals surface area contributed by atoms with Crippen molar-refractivity contribution in [3.8, 4) is 0 Å². The first kappa shape index (κ1) is 8.59. The average molecular weight is 171 g/mol. The molecule has 0 saturated carbocycles. The number of hydrogen-bond donors (Lipinski definition) is 0. The summed E-state index contributed by atoms with van der Waals surface area (Å²) in [5.74, 6) is 0. The molecule has 1 aromatic rings. The summed E-state index contributed by atoms with van der Waals surface area (Å²) in [6, 6.07) is 0. The van der Waals surface area contributed by atoms with Gasteiger partial charge in [0.15, 0.2) is 5.16 Å². The van der Waals surface area contributed by atoms with Gasteiger partial charge in [0.25, 0.3) is 0 Å². The first-order valence-corrected chi connectivity index (χ1v) is 4.72. The predicted octanol–water partition coefficient (Wildman–Crippen LogP) is 1.75. The molecule has 0 bridgehead atoms. The van der Waals surface area contributed by atoms with Gasteiger partial charge >= 0.3 is 0 Å². The van der Waals surface area contributed by atoms with Crippen molar-refractivity contribution in [3.63, 3.8) is 0 Å². The van der Waals surface area contributed by atoms with E-state index in [2.05, 4.69) is 30.9 Å². The Bertz CT molecular complexity index is 236. The maximum atomic E-state index is 4.14. The third-order valence-corrected chi connectivity index (χ3v) is 1.98. The molecule has 0 aliphatic heterocycles. The van der Waals surface area contributed by atoms with Crippen molar-refractivity contribution in [1.82, 2.24) is 14.8 Å². The van der Waals surface area contributed by atoms with Crippen molar-refractivity contribution in [2.75, 3.05) is 6.26 Å². The van der Waals surface area contributed by atoms with Crippen LogP contribution in [0.25, 0.3) is 0 Å². The predicted molar refractivity (Wildman–Crippen MR) is 46.8 cm³/mol. The fourth-order valence-corrected chi connectivity index (χ4v) is 1.48. The van der Waals surface area contributed by atoms with E-state index < -0.39 is 0 Å². The Kier molecular flexibility index (Phi) is 2.23. The highest BCUT2D eigenvalue weighted by Crippen LogP contribution is 2.19. The summed E-state index contributed by atoms with van der Waals surface area (Å²) in [7, 11) is 0. The Balaban J connectivity index is 3.02. The van der Waals surface area contributed by atoms with Gasteiger partial charge in [-0.15, -0.1) is 0 Å². The molecule has 0 fully saturated rings. The molecule has 0 amide bonds. The summed E-state index contributed by atoms with van der Waals surface area (Å²) in [5.41, 5.74) is 0.0366. The Morgan fingerprint density at radius 1 is 1.45 bits per heavy atom. The topological polar surface area (TPSA) is 30.7 Å². The Morgan fingerprint density at radius 3 is 2.45 bits per heavy atom. The zero-order valence-electron chi connectivity index (χ0n) is 7.33. The second kappa shape index (κ2) is 2.85. The van der Waals surface area contributed by atoms with Crippen molar-refractivity contribution in [2.45, 2.75) is 31.5 Å². The summed E-state index contributed by atoms with van der Waals surface area (Å²) in [5, 5.41) is 5.11. The molecule has 0 N–H and O–H groups in total. The average Bonchev–Trinajstić information content (AvgIpc) is 2.31. The van der Waals surface area contributed by atoms with Crippen LogP contribution in [-0.4, -0.2) is 21.0 Å². The minimum Gasteiger partial charge on any atom is -0.235 e. The van der Waals surface area contributed by atoms with Crippen molar-refractivity contribution in [3.05, 3.63) is 6.33 Å². The van der Waals surface area contributed by atoms with Crippen LogP contribution in [0, 0.1) is 0 Å². The molecule has 0 aromatic carbocycles. The van der Waals surface area contributed by atoms with Crippen LogP contribution in [0.15, 0.2) is 11.5 Å². The molecule has 1 heterocycles. The van der Waals surface area contributed by atoms with E-state index in [1.807, 2.05) is 10.9 Å². The first-order valence-electron chi connectivity index (χ1n) is 3.50. The number of nitrogens with zero attached hydrogens (tertiary/aromatic N) is 3. The van der Waals surface area contributed by atoms with Crippen LogP contribution in [0.2, 0.25) is 0 Å². The summed E-state index contributed by atoms with van der Waals surface area (Å²) >= 11 is 1.62. The van der Waals surface area contributed by atoms with Gasteiger partial charge in [0.1, 0.15) is 6.33 Å². The van der Waals surface area contributed by atoms with Gasteiger partial charge in [-0.25, -0.2) is 9.67 Å². The van der Waals surface area contributed by atoms with Crippen LogP contribution in [0.5, 0.6) is 0 Å². The fraction of sp³-hybridized carbons (Fsp3) is 0.714. The standard InChI is InChI=1S/C7H13N3S/c1-7(2,3)10-6(11-4)8-5-9-10/h5H,1-4H3. The zero-order chi connectivity index (χ0) is 8.48. The van der Waals surface area contributed by atoms with Gasteiger partial charge in [0.05, 0.1) is 5.54 Å². The zero-order valence-corrected chi connectivity index (χ0v) is 8.14. The van der Waals surface area contributed by atoms with Crippen LogP contribution in [0.1, 0.15) is 20.8 Å². The number of aromatic nitrogens is 3. The summed E-state index contributed by atoms with van der Waals surface area (Å²) in [6.45, 7) is 6.34. The van der Waals surface area contributed by atoms with E-state index in [9.17, 15) is 0 Å². The molecule has 1 rings (SSSR count). The van der Waals surface area contributed by atoms with Crippen molar-refractivity contribution < 1.29 is 0 Å². The lowest BCUT2D eigenvalue weighted by Gasteiger charge is -2.20. The van der Waals surface area contributed by atoms with Gasteiger partial charge in [-0.2, -0.15) is 5.10 Å². The quantitative estimate of drug-likeness (QED) is 0.603. The third kappa shape index (κ3) is 1.74. The van der Waals surface area contributed by atoms with E-state index in [1.54, 1.807) is 18.1 Å². The molecule has 0 aliphatic carbocycles. The molecule has 0 saturated heterocycles. The molecule has 0 unspecified atom stereocenters. The molecule has 0 aliphatic rings. The van der Waals surface area contributed by atoms with Crippen LogP contribution >= 0.6 is 11.8 Å². The highest BCUT2D eigenvalue weighted by molar-refractivity contribution is 7.98. The maximum absolute atomic E-state index is 4.14. The van der Waals surface area contributed by atoms with E-state index in [0.29, 0.717) is 0 Å². The largest absolute Gasteiger partial charge is 0.235 e. The highest BCUT2D eigenvalue weighted by atomic mass is 32.2. The maximum Gasteiger partial charge on any atom is 0.186 e. The van der Waals surface area contributed by atoms with Crippen LogP contribution < -0.4 is 0 Å². The Hall–Kier alpha value is -0.510. The number of rotatable bonds is 1. The van der Waals surface area contributed by atoms with E-state index in [1.165, 1.54) is 0 Å². The van der Waals surface area contributed by atoms with E-state index in [4.69, 9.17) is 0 Å². The normalized spacial score (nSPS) is 12.0. The molecule has 0 atom stereocenters. The second-order valence-electron chi connectivity index (χ2n) is 3.33. The number of thioether (sulfide) groups is 1. The lowest BCUT2D eigenvalue weighted by molar-refractivity contribution is 0.326. The highest BCUT2D eigenvalue weighted by Gasteiger charge is 2.17. The SMILES string of the molecule is CSc1ncnn1C(C)(C)C. The molecule has 11 heavy (non-hydrogen) atoms. The van der Waals surface area contributed by atoms with Gasteiger partial charge in [-0.05, 0) is 27.0 Å². The van der Waals surface area contributed by atoms with E-state index in [-0.39, 0.29) is 5.54 Å². The molecule has 4 heteroatoms. The van der Waals surface area contributed by atoms with Gasteiger partial charge in [0, 0.05) is 0 Å². The second-order valence-corrected chi connectivity index (χ2v) is 4.10.